The number of hydrogen-bond donors (Lipinski definition) is 2. The molecule has 1 rings (SSSR count). The molecule has 0 saturated carbocycles. The van der Waals surface area contributed by atoms with Gasteiger partial charge in [-0.2, -0.15) is 0 Å². The van der Waals surface area contributed by atoms with E-state index in [0.29, 0.717) is 6.54 Å². The molecule has 1 aliphatic rings. The predicted octanol–water partition coefficient (Wildman–Crippen LogP) is 2.10. The Morgan fingerprint density at radius 3 is 2.64 bits per heavy atom. The fraction of sp³-hybridized carbons (Fsp3) is 0.900. The Balaban J connectivity index is 0. The summed E-state index contributed by atoms with van der Waals surface area (Å²) in [5, 5.41) is 5.41. The van der Waals surface area contributed by atoms with E-state index in [2.05, 4.69) is 10.6 Å². The van der Waals surface area contributed by atoms with Gasteiger partial charge >= 0.3 is 6.03 Å². The summed E-state index contributed by atoms with van der Waals surface area (Å²) in [4.78, 5) is 11.0. The number of nitrogens with one attached hydrogen (secondary N) is 2. The van der Waals surface area contributed by atoms with Crippen LogP contribution < -0.4 is 10.6 Å². The van der Waals surface area contributed by atoms with E-state index >= 15 is 0 Å². The summed E-state index contributed by atoms with van der Waals surface area (Å²) in [6.45, 7) is 3.30. The summed E-state index contributed by atoms with van der Waals surface area (Å²) in [5.41, 5.74) is 0. The van der Waals surface area contributed by atoms with E-state index < -0.39 is 0 Å². The van der Waals surface area contributed by atoms with Crippen LogP contribution in [0.15, 0.2) is 0 Å². The second kappa shape index (κ2) is 8.81. The topological polar surface area (TPSA) is 50.4 Å². The van der Waals surface area contributed by atoms with Crippen LogP contribution in [0.25, 0.3) is 0 Å². The van der Waals surface area contributed by atoms with Gasteiger partial charge in [0, 0.05) is 13.2 Å². The summed E-state index contributed by atoms with van der Waals surface area (Å²) < 4.78 is 5.32. The summed E-state index contributed by atoms with van der Waals surface area (Å²) in [6.07, 6.45) is 3.09. The van der Waals surface area contributed by atoms with Gasteiger partial charge in [-0.1, -0.05) is 14.9 Å². The van der Waals surface area contributed by atoms with E-state index in [1.54, 1.807) is 0 Å². The fourth-order valence-corrected chi connectivity index (χ4v) is 1.21. The molecule has 1 heterocycles. The van der Waals surface area contributed by atoms with Crippen molar-refractivity contribution in [1.29, 1.82) is 0 Å². The highest BCUT2D eigenvalue weighted by atomic mass is 16.5. The average molecular weight is 204 g/mol. The largest absolute Gasteiger partial charge is 0.358 e. The first-order chi connectivity index (χ1) is 5.83. The molecular formula is C10H24N2O2. The van der Waals surface area contributed by atoms with Crippen molar-refractivity contribution in [1.82, 2.24) is 10.6 Å². The van der Waals surface area contributed by atoms with E-state index in [9.17, 15) is 4.79 Å². The summed E-state index contributed by atoms with van der Waals surface area (Å²) in [6, 6.07) is -0.135. The van der Waals surface area contributed by atoms with Gasteiger partial charge in [-0.05, 0) is 26.2 Å². The quantitative estimate of drug-likeness (QED) is 0.723. The maximum absolute atomic E-state index is 11.0. The zero-order chi connectivity index (χ0) is 8.81. The number of carbonyl (C=O) groups is 1. The fourth-order valence-electron chi connectivity index (χ4n) is 1.21. The Labute approximate surface area is 87.4 Å². The second-order valence-electron chi connectivity index (χ2n) is 2.86. The molecule has 1 aliphatic heterocycles. The Hall–Kier alpha value is -0.770. The zero-order valence-electron chi connectivity index (χ0n) is 7.43. The molecule has 4 nitrogen and oxygen atoms in total. The van der Waals surface area contributed by atoms with E-state index in [1.165, 1.54) is 0 Å². The highest BCUT2D eigenvalue weighted by Crippen LogP contribution is 2.09. The van der Waals surface area contributed by atoms with Crippen molar-refractivity contribution < 1.29 is 9.53 Å². The molecule has 0 aromatic rings. The van der Waals surface area contributed by atoms with Gasteiger partial charge in [0.15, 0.2) is 0 Å². The van der Waals surface area contributed by atoms with Gasteiger partial charge in [0.1, 0.15) is 6.23 Å². The molecule has 0 spiro atoms. The standard InChI is InChI=1S/C8H16N2O2.2CH4/c1-2-9-8(11)10-7-5-3-4-6-12-7;;/h7H,2-6H2,1H3,(H2,9,10,11);2*1H4. The van der Waals surface area contributed by atoms with Gasteiger partial charge in [-0.3, -0.25) is 0 Å². The zero-order valence-corrected chi connectivity index (χ0v) is 7.43. The van der Waals surface area contributed by atoms with Crippen LogP contribution in [0.5, 0.6) is 0 Å². The van der Waals surface area contributed by atoms with Crippen LogP contribution in [0.3, 0.4) is 0 Å². The van der Waals surface area contributed by atoms with Crippen LogP contribution in [-0.2, 0) is 4.74 Å². The van der Waals surface area contributed by atoms with Gasteiger partial charge in [-0.15, -0.1) is 0 Å². The number of urea groups is 1. The summed E-state index contributed by atoms with van der Waals surface area (Å²) in [7, 11) is 0. The molecule has 0 radical (unpaired) electrons. The summed E-state index contributed by atoms with van der Waals surface area (Å²) in [5.74, 6) is 0. The van der Waals surface area contributed by atoms with E-state index in [4.69, 9.17) is 4.74 Å². The molecule has 0 aromatic heterocycles. The molecule has 1 unspecified atom stereocenters. The molecule has 14 heavy (non-hydrogen) atoms. The molecule has 4 heteroatoms. The van der Waals surface area contributed by atoms with Gasteiger partial charge in [0.25, 0.3) is 0 Å². The van der Waals surface area contributed by atoms with E-state index in [-0.39, 0.29) is 27.1 Å². The van der Waals surface area contributed by atoms with Crippen LogP contribution in [0, 0.1) is 0 Å². The molecule has 0 aliphatic carbocycles. The van der Waals surface area contributed by atoms with Crippen molar-refractivity contribution >= 4 is 6.03 Å². The Kier molecular flexibility index (Phi) is 9.88. The Morgan fingerprint density at radius 2 is 2.14 bits per heavy atom. The van der Waals surface area contributed by atoms with Crippen molar-refractivity contribution in [3.8, 4) is 0 Å². The van der Waals surface area contributed by atoms with Gasteiger partial charge in [-0.25, -0.2) is 4.79 Å². The molecule has 0 bridgehead atoms. The molecule has 2 amide bonds. The van der Waals surface area contributed by atoms with Gasteiger partial charge in [0.2, 0.25) is 0 Å². The molecule has 1 atom stereocenters. The maximum Gasteiger partial charge on any atom is 0.316 e. The number of carbonyl (C=O) groups excluding carboxylic acids is 1. The lowest BCUT2D eigenvalue weighted by molar-refractivity contribution is 0.00239. The number of hydrogen-bond acceptors (Lipinski definition) is 2. The smallest absolute Gasteiger partial charge is 0.316 e. The molecular weight excluding hydrogens is 180 g/mol. The molecule has 2 N–H and O–H groups in total. The minimum absolute atomic E-state index is 0. The van der Waals surface area contributed by atoms with Crippen molar-refractivity contribution in [3.63, 3.8) is 0 Å². The minimum Gasteiger partial charge on any atom is -0.358 e. The summed E-state index contributed by atoms with van der Waals surface area (Å²) >= 11 is 0. The van der Waals surface area contributed by atoms with Crippen LogP contribution in [0.2, 0.25) is 0 Å². The first-order valence-corrected chi connectivity index (χ1v) is 4.49. The lowest BCUT2D eigenvalue weighted by atomic mass is 10.2. The average Bonchev–Trinajstić information content (AvgIpc) is 2.06. The maximum atomic E-state index is 11.0. The van der Waals surface area contributed by atoms with E-state index in [0.717, 1.165) is 25.9 Å². The van der Waals surface area contributed by atoms with Crippen LogP contribution in [-0.4, -0.2) is 25.4 Å². The van der Waals surface area contributed by atoms with Crippen molar-refractivity contribution in [2.45, 2.75) is 47.3 Å². The van der Waals surface area contributed by atoms with Crippen molar-refractivity contribution in [2.75, 3.05) is 13.2 Å². The van der Waals surface area contributed by atoms with E-state index in [1.807, 2.05) is 6.92 Å². The number of amides is 2. The first kappa shape index (κ1) is 15.7. The van der Waals surface area contributed by atoms with Gasteiger partial charge < -0.3 is 15.4 Å². The van der Waals surface area contributed by atoms with Crippen LogP contribution >= 0.6 is 0 Å². The third-order valence-electron chi connectivity index (χ3n) is 1.81. The third kappa shape index (κ3) is 5.80. The molecule has 1 fully saturated rings. The van der Waals surface area contributed by atoms with Crippen LogP contribution in [0.4, 0.5) is 4.79 Å². The predicted molar refractivity (Wildman–Crippen MR) is 59.3 cm³/mol. The van der Waals surface area contributed by atoms with Crippen LogP contribution in [0.1, 0.15) is 41.0 Å². The number of ether oxygens (including phenoxy) is 1. The highest BCUT2D eigenvalue weighted by Gasteiger charge is 2.14. The lowest BCUT2D eigenvalue weighted by Crippen LogP contribution is -2.44. The second-order valence-corrected chi connectivity index (χ2v) is 2.86. The first-order valence-electron chi connectivity index (χ1n) is 4.49. The third-order valence-corrected chi connectivity index (χ3v) is 1.81. The minimum atomic E-state index is -0.135. The Morgan fingerprint density at radius 1 is 1.43 bits per heavy atom. The monoisotopic (exact) mass is 204 g/mol. The molecule has 1 saturated heterocycles. The molecule has 86 valence electrons. The van der Waals surface area contributed by atoms with Crippen molar-refractivity contribution in [2.24, 2.45) is 0 Å². The normalized spacial score (nSPS) is 19.9. The Bertz CT molecular complexity index is 145. The lowest BCUT2D eigenvalue weighted by Gasteiger charge is -2.23. The van der Waals surface area contributed by atoms with Gasteiger partial charge in [0.05, 0.1) is 0 Å². The SMILES string of the molecule is C.C.CCNC(=O)NC1CCCCO1. The van der Waals surface area contributed by atoms with Crippen molar-refractivity contribution in [3.05, 3.63) is 0 Å². The number of rotatable bonds is 2. The molecule has 0 aromatic carbocycles. The highest BCUT2D eigenvalue weighted by molar-refractivity contribution is 5.73.